The van der Waals surface area contributed by atoms with Crippen LogP contribution in [0.2, 0.25) is 5.02 Å². The third kappa shape index (κ3) is 2.59. The van der Waals surface area contributed by atoms with E-state index in [0.717, 1.165) is 24.3 Å². The molecule has 0 amide bonds. The van der Waals surface area contributed by atoms with Crippen molar-refractivity contribution in [2.24, 2.45) is 0 Å². The summed E-state index contributed by atoms with van der Waals surface area (Å²) in [6, 6.07) is 5.73. The normalized spacial score (nSPS) is 10.5. The van der Waals surface area contributed by atoms with Crippen molar-refractivity contribution in [1.82, 2.24) is 0 Å². The van der Waals surface area contributed by atoms with Gasteiger partial charge in [0.2, 0.25) is 0 Å². The van der Waals surface area contributed by atoms with Gasteiger partial charge < -0.3 is 4.74 Å². The smallest absolute Gasteiger partial charge is 0.198 e. The van der Waals surface area contributed by atoms with Crippen molar-refractivity contribution < 1.29 is 17.9 Å². The van der Waals surface area contributed by atoms with E-state index in [1.54, 1.807) is 6.92 Å². The van der Waals surface area contributed by atoms with E-state index in [4.69, 9.17) is 16.3 Å². The van der Waals surface area contributed by atoms with Gasteiger partial charge in [0, 0.05) is 6.07 Å². The second-order valence-corrected chi connectivity index (χ2v) is 4.14. The molecule has 94 valence electrons. The monoisotopic (exact) mass is 272 g/mol. The molecule has 0 aliphatic rings. The molecule has 0 aromatic heterocycles. The van der Waals surface area contributed by atoms with Gasteiger partial charge in [-0.05, 0) is 36.8 Å². The summed E-state index contributed by atoms with van der Waals surface area (Å²) < 4.78 is 45.0. The third-order valence-corrected chi connectivity index (χ3v) is 2.54. The highest BCUT2D eigenvalue weighted by atomic mass is 35.5. The van der Waals surface area contributed by atoms with Crippen LogP contribution in [0.15, 0.2) is 30.3 Å². The third-order valence-electron chi connectivity index (χ3n) is 2.25. The fourth-order valence-electron chi connectivity index (χ4n) is 1.44. The van der Waals surface area contributed by atoms with Crippen molar-refractivity contribution in [1.29, 1.82) is 0 Å². The molecule has 2 aromatic rings. The molecule has 0 bridgehead atoms. The fraction of sp³-hybridized carbons (Fsp3) is 0.0769. The second kappa shape index (κ2) is 4.90. The lowest BCUT2D eigenvalue weighted by atomic mass is 10.2. The molecule has 0 unspecified atom stereocenters. The number of hydrogen-bond donors (Lipinski definition) is 0. The Kier molecular flexibility index (Phi) is 3.48. The number of hydrogen-bond acceptors (Lipinski definition) is 1. The average Bonchev–Trinajstić information content (AvgIpc) is 2.28. The van der Waals surface area contributed by atoms with E-state index in [0.29, 0.717) is 5.56 Å². The minimum atomic E-state index is -0.826. The van der Waals surface area contributed by atoms with Gasteiger partial charge in [0.15, 0.2) is 17.4 Å². The topological polar surface area (TPSA) is 9.23 Å². The van der Waals surface area contributed by atoms with E-state index < -0.39 is 23.2 Å². The molecule has 0 aliphatic heterocycles. The number of benzene rings is 2. The molecular weight excluding hydrogens is 265 g/mol. The zero-order valence-corrected chi connectivity index (χ0v) is 10.1. The molecular formula is C13H8ClF3O. The number of rotatable bonds is 2. The maximum absolute atomic E-state index is 13.5. The first-order valence-corrected chi connectivity index (χ1v) is 5.43. The van der Waals surface area contributed by atoms with Crippen molar-refractivity contribution >= 4 is 11.6 Å². The van der Waals surface area contributed by atoms with Crippen LogP contribution in [0.3, 0.4) is 0 Å². The molecule has 0 N–H and O–H groups in total. The Morgan fingerprint density at radius 1 is 0.944 bits per heavy atom. The van der Waals surface area contributed by atoms with Crippen LogP contribution >= 0.6 is 11.6 Å². The van der Waals surface area contributed by atoms with Gasteiger partial charge in [-0.25, -0.2) is 13.2 Å². The fourth-order valence-corrected chi connectivity index (χ4v) is 1.61. The van der Waals surface area contributed by atoms with Crippen molar-refractivity contribution in [3.63, 3.8) is 0 Å². The molecule has 2 rings (SSSR count). The molecule has 0 heterocycles. The van der Waals surface area contributed by atoms with Crippen LogP contribution in [-0.4, -0.2) is 0 Å². The summed E-state index contributed by atoms with van der Waals surface area (Å²) in [4.78, 5) is 0. The van der Waals surface area contributed by atoms with Gasteiger partial charge in [0.05, 0.1) is 5.02 Å². The van der Waals surface area contributed by atoms with Crippen molar-refractivity contribution in [3.8, 4) is 11.5 Å². The minimum Gasteiger partial charge on any atom is -0.451 e. The molecule has 0 radical (unpaired) electrons. The highest BCUT2D eigenvalue weighted by Crippen LogP contribution is 2.30. The van der Waals surface area contributed by atoms with Crippen LogP contribution in [-0.2, 0) is 0 Å². The van der Waals surface area contributed by atoms with Crippen LogP contribution in [0, 0.1) is 24.4 Å². The molecule has 0 saturated carbocycles. The average molecular weight is 273 g/mol. The van der Waals surface area contributed by atoms with Gasteiger partial charge in [-0.1, -0.05) is 11.6 Å². The molecule has 0 atom stereocenters. The van der Waals surface area contributed by atoms with E-state index in [1.807, 2.05) is 0 Å². The van der Waals surface area contributed by atoms with Gasteiger partial charge in [0.25, 0.3) is 0 Å². The molecule has 18 heavy (non-hydrogen) atoms. The van der Waals surface area contributed by atoms with Gasteiger partial charge in [-0.15, -0.1) is 0 Å². The van der Waals surface area contributed by atoms with Crippen LogP contribution < -0.4 is 4.74 Å². The maximum atomic E-state index is 13.5. The van der Waals surface area contributed by atoms with Crippen molar-refractivity contribution in [2.75, 3.05) is 0 Å². The van der Waals surface area contributed by atoms with E-state index >= 15 is 0 Å². The Balaban J connectivity index is 2.37. The molecule has 5 heteroatoms. The summed E-state index contributed by atoms with van der Waals surface area (Å²) in [6.45, 7) is 1.56. The van der Waals surface area contributed by atoms with Crippen LogP contribution in [0.4, 0.5) is 13.2 Å². The predicted molar refractivity (Wildman–Crippen MR) is 62.6 cm³/mol. The van der Waals surface area contributed by atoms with E-state index in [9.17, 15) is 13.2 Å². The largest absolute Gasteiger partial charge is 0.451 e. The van der Waals surface area contributed by atoms with E-state index in [2.05, 4.69) is 0 Å². The summed E-state index contributed by atoms with van der Waals surface area (Å²) in [5, 5.41) is -0.180. The van der Waals surface area contributed by atoms with Crippen molar-refractivity contribution in [2.45, 2.75) is 6.92 Å². The van der Waals surface area contributed by atoms with Crippen LogP contribution in [0.25, 0.3) is 0 Å². The number of ether oxygens (including phenoxy) is 1. The Hall–Kier alpha value is -1.68. The zero-order valence-electron chi connectivity index (χ0n) is 9.31. The van der Waals surface area contributed by atoms with Gasteiger partial charge >= 0.3 is 0 Å². The summed E-state index contributed by atoms with van der Waals surface area (Å²) >= 11 is 5.54. The predicted octanol–water partition coefficient (Wildman–Crippen LogP) is 4.86. The Morgan fingerprint density at radius 2 is 1.56 bits per heavy atom. The number of aryl methyl sites for hydroxylation is 1. The number of halogens is 4. The van der Waals surface area contributed by atoms with Crippen LogP contribution in [0.1, 0.15) is 5.56 Å². The minimum absolute atomic E-state index is 0.0584. The van der Waals surface area contributed by atoms with Gasteiger partial charge in [-0.2, -0.15) is 0 Å². The van der Waals surface area contributed by atoms with Crippen LogP contribution in [0.5, 0.6) is 11.5 Å². The Morgan fingerprint density at radius 3 is 2.11 bits per heavy atom. The highest BCUT2D eigenvalue weighted by molar-refractivity contribution is 6.30. The second-order valence-electron chi connectivity index (χ2n) is 3.74. The molecule has 0 spiro atoms. The first-order chi connectivity index (χ1) is 8.47. The highest BCUT2D eigenvalue weighted by Gasteiger charge is 2.13. The molecule has 1 nitrogen and oxygen atoms in total. The Labute approximate surface area is 107 Å². The Bertz CT molecular complexity index is 576. The first-order valence-electron chi connectivity index (χ1n) is 5.06. The zero-order chi connectivity index (χ0) is 13.3. The SMILES string of the molecule is Cc1cc(F)c(Oc2ccc(F)c(Cl)c2)c(F)c1. The van der Waals surface area contributed by atoms with E-state index in [-0.39, 0.29) is 10.8 Å². The summed E-state index contributed by atoms with van der Waals surface area (Å²) in [5.41, 5.74) is 0.439. The lowest BCUT2D eigenvalue weighted by Gasteiger charge is -2.09. The lowest BCUT2D eigenvalue weighted by molar-refractivity contribution is 0.406. The molecule has 0 saturated heterocycles. The summed E-state index contributed by atoms with van der Waals surface area (Å²) in [5.74, 6) is -2.76. The summed E-state index contributed by atoms with van der Waals surface area (Å²) in [6.07, 6.45) is 0. The molecule has 0 aliphatic carbocycles. The van der Waals surface area contributed by atoms with E-state index in [1.165, 1.54) is 6.07 Å². The first kappa shape index (κ1) is 12.8. The van der Waals surface area contributed by atoms with Gasteiger partial charge in [0.1, 0.15) is 11.6 Å². The standard InChI is InChI=1S/C13H8ClF3O/c1-7-4-11(16)13(12(17)5-7)18-8-2-3-10(15)9(14)6-8/h2-6H,1H3. The van der Waals surface area contributed by atoms with Crippen molar-refractivity contribution in [3.05, 3.63) is 58.4 Å². The van der Waals surface area contributed by atoms with Gasteiger partial charge in [-0.3, -0.25) is 0 Å². The quantitative estimate of drug-likeness (QED) is 0.759. The summed E-state index contributed by atoms with van der Waals surface area (Å²) in [7, 11) is 0. The molecule has 2 aromatic carbocycles. The maximum Gasteiger partial charge on any atom is 0.198 e. The lowest BCUT2D eigenvalue weighted by Crippen LogP contribution is -1.94. The molecule has 0 fully saturated rings.